The molecule has 2 heteroatoms. The van der Waals surface area contributed by atoms with Gasteiger partial charge in [-0.25, -0.2) is 0 Å². The number of benzene rings is 1. The van der Waals surface area contributed by atoms with Crippen LogP contribution in [-0.2, 0) is 10.2 Å². The zero-order chi connectivity index (χ0) is 13.9. The molecule has 0 saturated heterocycles. The van der Waals surface area contributed by atoms with Gasteiger partial charge in [0, 0.05) is 11.6 Å². The average Bonchev–Trinajstić information content (AvgIpc) is 2.39. The Morgan fingerprint density at radius 3 is 2.37 bits per heavy atom. The molecule has 0 spiro atoms. The average molecular weight is 257 g/mol. The molecule has 0 heterocycles. The summed E-state index contributed by atoms with van der Waals surface area (Å²) in [7, 11) is 0. The van der Waals surface area contributed by atoms with Crippen molar-refractivity contribution in [3.8, 4) is 0 Å². The van der Waals surface area contributed by atoms with Crippen molar-refractivity contribution in [2.75, 3.05) is 5.32 Å². The van der Waals surface area contributed by atoms with Gasteiger partial charge in [-0.1, -0.05) is 45.1 Å². The highest BCUT2D eigenvalue weighted by Crippen LogP contribution is 2.24. The topological polar surface area (TPSA) is 29.1 Å². The monoisotopic (exact) mass is 257 g/mol. The van der Waals surface area contributed by atoms with Gasteiger partial charge in [0.25, 0.3) is 0 Å². The fourth-order valence-corrected chi connectivity index (χ4v) is 2.33. The SMILES string of the molecule is CC(C)(C)c1ccc(NC(=O)C2CC=CCC2)cc1. The van der Waals surface area contributed by atoms with Crippen LogP contribution in [0.2, 0.25) is 0 Å². The summed E-state index contributed by atoms with van der Waals surface area (Å²) in [6.45, 7) is 6.57. The van der Waals surface area contributed by atoms with Crippen molar-refractivity contribution >= 4 is 11.6 Å². The number of allylic oxidation sites excluding steroid dienone is 2. The molecule has 0 fully saturated rings. The molecule has 0 bridgehead atoms. The van der Waals surface area contributed by atoms with E-state index in [2.05, 4.69) is 50.4 Å². The molecule has 1 amide bonds. The van der Waals surface area contributed by atoms with E-state index in [1.165, 1.54) is 5.56 Å². The van der Waals surface area contributed by atoms with Crippen molar-refractivity contribution in [3.05, 3.63) is 42.0 Å². The molecule has 1 N–H and O–H groups in total. The van der Waals surface area contributed by atoms with Crippen molar-refractivity contribution in [2.24, 2.45) is 5.92 Å². The minimum atomic E-state index is 0.132. The number of carbonyl (C=O) groups excluding carboxylic acids is 1. The fourth-order valence-electron chi connectivity index (χ4n) is 2.33. The Morgan fingerprint density at radius 2 is 1.84 bits per heavy atom. The Morgan fingerprint density at radius 1 is 1.16 bits per heavy atom. The maximum Gasteiger partial charge on any atom is 0.227 e. The van der Waals surface area contributed by atoms with E-state index in [0.717, 1.165) is 24.9 Å². The van der Waals surface area contributed by atoms with Crippen LogP contribution in [0.4, 0.5) is 5.69 Å². The standard InChI is InChI=1S/C17H23NO/c1-17(2,3)14-9-11-15(12-10-14)18-16(19)13-7-5-4-6-8-13/h4-5,9-13H,6-8H2,1-3H3,(H,18,19). The lowest BCUT2D eigenvalue weighted by Crippen LogP contribution is -2.23. The molecule has 0 aromatic heterocycles. The molecule has 19 heavy (non-hydrogen) atoms. The van der Waals surface area contributed by atoms with Crippen LogP contribution in [-0.4, -0.2) is 5.91 Å². The first-order valence-corrected chi connectivity index (χ1v) is 7.03. The summed E-state index contributed by atoms with van der Waals surface area (Å²) in [4.78, 5) is 12.1. The molecule has 1 unspecified atom stereocenters. The van der Waals surface area contributed by atoms with Gasteiger partial charge in [-0.3, -0.25) is 4.79 Å². The Balaban J connectivity index is 1.99. The van der Waals surface area contributed by atoms with Gasteiger partial charge in [0.05, 0.1) is 0 Å². The minimum Gasteiger partial charge on any atom is -0.326 e. The summed E-state index contributed by atoms with van der Waals surface area (Å²) in [5.74, 6) is 0.278. The van der Waals surface area contributed by atoms with Gasteiger partial charge >= 0.3 is 0 Å². The fraction of sp³-hybridized carbons (Fsp3) is 0.471. The highest BCUT2D eigenvalue weighted by Gasteiger charge is 2.19. The molecule has 1 aliphatic carbocycles. The van der Waals surface area contributed by atoms with Crippen molar-refractivity contribution in [3.63, 3.8) is 0 Å². The number of anilines is 1. The Bertz CT molecular complexity index is 465. The van der Waals surface area contributed by atoms with Gasteiger partial charge in [-0.05, 0) is 42.4 Å². The largest absolute Gasteiger partial charge is 0.326 e. The van der Waals surface area contributed by atoms with E-state index in [-0.39, 0.29) is 17.2 Å². The van der Waals surface area contributed by atoms with Crippen LogP contribution in [0, 0.1) is 5.92 Å². The number of nitrogens with one attached hydrogen (secondary N) is 1. The van der Waals surface area contributed by atoms with Crippen LogP contribution in [0.3, 0.4) is 0 Å². The lowest BCUT2D eigenvalue weighted by Gasteiger charge is -2.20. The highest BCUT2D eigenvalue weighted by molar-refractivity contribution is 5.92. The molecule has 1 aliphatic rings. The van der Waals surface area contributed by atoms with Crippen LogP contribution in [0.1, 0.15) is 45.6 Å². The molecule has 0 aliphatic heterocycles. The molecule has 0 radical (unpaired) electrons. The lowest BCUT2D eigenvalue weighted by molar-refractivity contribution is -0.120. The van der Waals surface area contributed by atoms with Gasteiger partial charge in [-0.2, -0.15) is 0 Å². The third-order valence-electron chi connectivity index (χ3n) is 3.66. The zero-order valence-corrected chi connectivity index (χ0v) is 12.1. The minimum absolute atomic E-state index is 0.132. The van der Waals surface area contributed by atoms with Crippen molar-refractivity contribution in [1.82, 2.24) is 0 Å². The first-order valence-electron chi connectivity index (χ1n) is 7.03. The van der Waals surface area contributed by atoms with E-state index in [9.17, 15) is 4.79 Å². The normalized spacial score (nSPS) is 19.2. The summed E-state index contributed by atoms with van der Waals surface area (Å²) in [6.07, 6.45) is 7.10. The molecule has 102 valence electrons. The first-order chi connectivity index (χ1) is 8.97. The second-order valence-corrected chi connectivity index (χ2v) is 6.30. The molecular formula is C17H23NO. The summed E-state index contributed by atoms with van der Waals surface area (Å²) in [5, 5.41) is 3.02. The van der Waals surface area contributed by atoms with Crippen molar-refractivity contribution < 1.29 is 4.79 Å². The summed E-state index contributed by atoms with van der Waals surface area (Å²) in [6, 6.07) is 8.18. The number of carbonyl (C=O) groups is 1. The Labute approximate surface area is 115 Å². The molecule has 1 atom stereocenters. The summed E-state index contributed by atoms with van der Waals surface area (Å²) in [5.41, 5.74) is 2.33. The summed E-state index contributed by atoms with van der Waals surface area (Å²) >= 11 is 0. The van der Waals surface area contributed by atoms with E-state index in [4.69, 9.17) is 0 Å². The second kappa shape index (κ2) is 5.60. The van der Waals surface area contributed by atoms with E-state index in [0.29, 0.717) is 0 Å². The number of hydrogen-bond donors (Lipinski definition) is 1. The molecule has 0 saturated carbocycles. The Kier molecular flexibility index (Phi) is 4.08. The van der Waals surface area contributed by atoms with Crippen LogP contribution < -0.4 is 5.32 Å². The first kappa shape index (κ1) is 13.9. The van der Waals surface area contributed by atoms with Gasteiger partial charge in [0.1, 0.15) is 0 Å². The molecule has 2 nitrogen and oxygen atoms in total. The third kappa shape index (κ3) is 3.69. The van der Waals surface area contributed by atoms with Crippen LogP contribution in [0.5, 0.6) is 0 Å². The van der Waals surface area contributed by atoms with Crippen molar-refractivity contribution in [1.29, 1.82) is 0 Å². The van der Waals surface area contributed by atoms with E-state index >= 15 is 0 Å². The summed E-state index contributed by atoms with van der Waals surface area (Å²) < 4.78 is 0. The molecular weight excluding hydrogens is 234 g/mol. The smallest absolute Gasteiger partial charge is 0.227 e. The third-order valence-corrected chi connectivity index (χ3v) is 3.66. The maximum atomic E-state index is 12.1. The maximum absolute atomic E-state index is 12.1. The van der Waals surface area contributed by atoms with Gasteiger partial charge in [0.15, 0.2) is 0 Å². The van der Waals surface area contributed by atoms with E-state index in [1.54, 1.807) is 0 Å². The van der Waals surface area contributed by atoms with Gasteiger partial charge in [-0.15, -0.1) is 0 Å². The van der Waals surface area contributed by atoms with E-state index < -0.39 is 0 Å². The van der Waals surface area contributed by atoms with Crippen LogP contribution in [0.15, 0.2) is 36.4 Å². The predicted molar refractivity (Wildman–Crippen MR) is 80.3 cm³/mol. The van der Waals surface area contributed by atoms with Gasteiger partial charge < -0.3 is 5.32 Å². The molecule has 2 rings (SSSR count). The number of hydrogen-bond acceptors (Lipinski definition) is 1. The highest BCUT2D eigenvalue weighted by atomic mass is 16.1. The predicted octanol–water partition coefficient (Wildman–Crippen LogP) is 4.28. The van der Waals surface area contributed by atoms with E-state index in [1.807, 2.05) is 12.1 Å². The van der Waals surface area contributed by atoms with Gasteiger partial charge in [0.2, 0.25) is 5.91 Å². The Hall–Kier alpha value is -1.57. The number of rotatable bonds is 2. The molecule has 1 aromatic carbocycles. The van der Waals surface area contributed by atoms with Crippen molar-refractivity contribution in [2.45, 2.75) is 45.4 Å². The molecule has 1 aromatic rings. The van der Waals surface area contributed by atoms with Crippen LogP contribution >= 0.6 is 0 Å². The lowest BCUT2D eigenvalue weighted by atomic mass is 9.87. The number of amides is 1. The second-order valence-electron chi connectivity index (χ2n) is 6.30. The quantitative estimate of drug-likeness (QED) is 0.787. The zero-order valence-electron chi connectivity index (χ0n) is 12.1. The van der Waals surface area contributed by atoms with Crippen LogP contribution in [0.25, 0.3) is 0 Å².